The van der Waals surface area contributed by atoms with Crippen LogP contribution in [-0.2, 0) is 11.3 Å². The van der Waals surface area contributed by atoms with Crippen LogP contribution in [0.25, 0.3) is 0 Å². The fourth-order valence-corrected chi connectivity index (χ4v) is 3.46. The molecule has 7 nitrogen and oxygen atoms in total. The van der Waals surface area contributed by atoms with Gasteiger partial charge in [0.15, 0.2) is 0 Å². The quantitative estimate of drug-likeness (QED) is 0.660. The number of hydrogen-bond donors (Lipinski definition) is 2. The van der Waals surface area contributed by atoms with Gasteiger partial charge in [-0.3, -0.25) is 14.5 Å². The van der Waals surface area contributed by atoms with E-state index >= 15 is 0 Å². The minimum atomic E-state index is -0.558. The summed E-state index contributed by atoms with van der Waals surface area (Å²) in [5.41, 5.74) is 6.91. The SMILES string of the molecule is CN(CCOc1cccc(CNC(=O)c2cccc(C(N)=O)c2)c1)C1CCOCC1. The molecule has 1 saturated heterocycles. The first-order valence-corrected chi connectivity index (χ1v) is 10.2. The first kappa shape index (κ1) is 21.8. The molecule has 2 aromatic carbocycles. The molecule has 160 valence electrons. The largest absolute Gasteiger partial charge is 0.492 e. The zero-order chi connectivity index (χ0) is 21.3. The van der Waals surface area contributed by atoms with Gasteiger partial charge < -0.3 is 20.5 Å². The van der Waals surface area contributed by atoms with Crippen molar-refractivity contribution in [2.75, 3.05) is 33.4 Å². The maximum absolute atomic E-state index is 12.4. The highest BCUT2D eigenvalue weighted by Crippen LogP contribution is 2.15. The van der Waals surface area contributed by atoms with E-state index in [9.17, 15) is 9.59 Å². The molecule has 0 atom stereocenters. The van der Waals surface area contributed by atoms with E-state index in [-0.39, 0.29) is 5.91 Å². The van der Waals surface area contributed by atoms with Gasteiger partial charge in [-0.05, 0) is 55.8 Å². The van der Waals surface area contributed by atoms with Gasteiger partial charge in [0.25, 0.3) is 5.91 Å². The molecule has 2 amide bonds. The Balaban J connectivity index is 1.47. The Hall–Kier alpha value is -2.90. The number of nitrogens with zero attached hydrogens (tertiary/aromatic N) is 1. The van der Waals surface area contributed by atoms with Crippen LogP contribution in [-0.4, -0.2) is 56.2 Å². The van der Waals surface area contributed by atoms with E-state index in [4.69, 9.17) is 15.2 Å². The highest BCUT2D eigenvalue weighted by molar-refractivity contribution is 5.99. The monoisotopic (exact) mass is 411 g/mol. The Morgan fingerprint density at radius 3 is 2.63 bits per heavy atom. The van der Waals surface area contributed by atoms with Gasteiger partial charge in [0.05, 0.1) is 0 Å². The van der Waals surface area contributed by atoms with Crippen LogP contribution in [0.3, 0.4) is 0 Å². The lowest BCUT2D eigenvalue weighted by atomic mass is 10.1. The van der Waals surface area contributed by atoms with E-state index in [1.54, 1.807) is 18.2 Å². The number of ether oxygens (including phenoxy) is 2. The molecule has 1 fully saturated rings. The smallest absolute Gasteiger partial charge is 0.251 e. The number of amides is 2. The zero-order valence-electron chi connectivity index (χ0n) is 17.3. The van der Waals surface area contributed by atoms with E-state index in [0.717, 1.165) is 43.9 Å². The molecule has 1 aliphatic rings. The van der Waals surface area contributed by atoms with Gasteiger partial charge in [-0.1, -0.05) is 18.2 Å². The van der Waals surface area contributed by atoms with Crippen LogP contribution in [0.2, 0.25) is 0 Å². The predicted octanol–water partition coefficient (Wildman–Crippen LogP) is 2.21. The highest BCUT2D eigenvalue weighted by Gasteiger charge is 2.18. The fraction of sp³-hybridized carbons (Fsp3) is 0.391. The minimum Gasteiger partial charge on any atom is -0.492 e. The molecule has 3 rings (SSSR count). The second kappa shape index (κ2) is 10.8. The average Bonchev–Trinajstić information content (AvgIpc) is 2.78. The third-order valence-electron chi connectivity index (χ3n) is 5.29. The minimum absolute atomic E-state index is 0.262. The van der Waals surface area contributed by atoms with Crippen LogP contribution in [0.15, 0.2) is 48.5 Å². The van der Waals surface area contributed by atoms with Crippen LogP contribution in [0, 0.1) is 0 Å². The van der Waals surface area contributed by atoms with E-state index < -0.39 is 5.91 Å². The number of carbonyl (C=O) groups excluding carboxylic acids is 2. The van der Waals surface area contributed by atoms with Crippen molar-refractivity contribution in [2.45, 2.75) is 25.4 Å². The summed E-state index contributed by atoms with van der Waals surface area (Å²) in [5.74, 6) is -0.0441. The molecule has 0 aromatic heterocycles. The van der Waals surface area contributed by atoms with Gasteiger partial charge in [-0.2, -0.15) is 0 Å². The summed E-state index contributed by atoms with van der Waals surface area (Å²) in [7, 11) is 2.12. The van der Waals surface area contributed by atoms with Crippen LogP contribution >= 0.6 is 0 Å². The van der Waals surface area contributed by atoms with Gasteiger partial charge in [0.1, 0.15) is 12.4 Å². The fourth-order valence-electron chi connectivity index (χ4n) is 3.46. The van der Waals surface area contributed by atoms with Crippen molar-refractivity contribution < 1.29 is 19.1 Å². The molecule has 0 aliphatic carbocycles. The number of hydrogen-bond acceptors (Lipinski definition) is 5. The second-order valence-electron chi connectivity index (χ2n) is 7.45. The molecule has 1 aliphatic heterocycles. The molecule has 0 bridgehead atoms. The molecule has 0 radical (unpaired) electrons. The molecule has 0 spiro atoms. The van der Waals surface area contributed by atoms with Gasteiger partial charge in [-0.15, -0.1) is 0 Å². The number of benzene rings is 2. The van der Waals surface area contributed by atoms with E-state index in [0.29, 0.717) is 30.3 Å². The highest BCUT2D eigenvalue weighted by atomic mass is 16.5. The van der Waals surface area contributed by atoms with Crippen LogP contribution in [0.4, 0.5) is 0 Å². The summed E-state index contributed by atoms with van der Waals surface area (Å²) in [5, 5.41) is 2.86. The Morgan fingerprint density at radius 1 is 1.13 bits per heavy atom. The summed E-state index contributed by atoms with van der Waals surface area (Å²) in [6.45, 7) is 3.47. The molecule has 0 saturated carbocycles. The number of primary amides is 1. The number of likely N-dealkylation sites (N-methyl/N-ethyl adjacent to an activating group) is 1. The maximum Gasteiger partial charge on any atom is 0.251 e. The summed E-state index contributed by atoms with van der Waals surface area (Å²) in [4.78, 5) is 26.0. The molecule has 2 aromatic rings. The van der Waals surface area contributed by atoms with Gasteiger partial charge in [0, 0.05) is 43.5 Å². The Bertz CT molecular complexity index is 865. The van der Waals surface area contributed by atoms with Crippen molar-refractivity contribution in [3.8, 4) is 5.75 Å². The van der Waals surface area contributed by atoms with Crippen molar-refractivity contribution in [3.05, 3.63) is 65.2 Å². The van der Waals surface area contributed by atoms with E-state index in [1.165, 1.54) is 6.07 Å². The van der Waals surface area contributed by atoms with Crippen molar-refractivity contribution in [2.24, 2.45) is 5.73 Å². The average molecular weight is 412 g/mol. The Morgan fingerprint density at radius 2 is 1.87 bits per heavy atom. The van der Waals surface area contributed by atoms with Gasteiger partial charge in [0.2, 0.25) is 5.91 Å². The normalized spacial score (nSPS) is 14.5. The van der Waals surface area contributed by atoms with Crippen LogP contribution in [0.5, 0.6) is 5.75 Å². The van der Waals surface area contributed by atoms with Crippen molar-refractivity contribution in [1.29, 1.82) is 0 Å². The van der Waals surface area contributed by atoms with Gasteiger partial charge >= 0.3 is 0 Å². The Labute approximate surface area is 177 Å². The van der Waals surface area contributed by atoms with Crippen molar-refractivity contribution in [3.63, 3.8) is 0 Å². The lowest BCUT2D eigenvalue weighted by Gasteiger charge is -2.31. The summed E-state index contributed by atoms with van der Waals surface area (Å²) in [6, 6.07) is 14.6. The molecular formula is C23H29N3O4. The second-order valence-corrected chi connectivity index (χ2v) is 7.45. The first-order valence-electron chi connectivity index (χ1n) is 10.2. The first-order chi connectivity index (χ1) is 14.5. The molecule has 7 heteroatoms. The number of carbonyl (C=O) groups is 2. The summed E-state index contributed by atoms with van der Waals surface area (Å²) in [6.07, 6.45) is 2.13. The van der Waals surface area contributed by atoms with E-state index in [2.05, 4.69) is 17.3 Å². The molecule has 0 unspecified atom stereocenters. The third kappa shape index (κ3) is 6.30. The molecule has 30 heavy (non-hydrogen) atoms. The zero-order valence-corrected chi connectivity index (χ0v) is 17.3. The van der Waals surface area contributed by atoms with Crippen LogP contribution < -0.4 is 15.8 Å². The molecule has 3 N–H and O–H groups in total. The Kier molecular flexibility index (Phi) is 7.82. The number of nitrogens with two attached hydrogens (primary N) is 1. The maximum atomic E-state index is 12.4. The number of nitrogens with one attached hydrogen (secondary N) is 1. The van der Waals surface area contributed by atoms with Crippen molar-refractivity contribution >= 4 is 11.8 Å². The van der Waals surface area contributed by atoms with Crippen molar-refractivity contribution in [1.82, 2.24) is 10.2 Å². The molecular weight excluding hydrogens is 382 g/mol. The third-order valence-corrected chi connectivity index (χ3v) is 5.29. The standard InChI is InChI=1S/C23H29N3O4/c1-26(20-8-11-29-12-9-20)10-13-30-21-7-2-4-17(14-21)16-25-23(28)19-6-3-5-18(15-19)22(24)27/h2-7,14-15,20H,8-13,16H2,1H3,(H2,24,27)(H,25,28). The topological polar surface area (TPSA) is 93.9 Å². The summed E-state index contributed by atoms with van der Waals surface area (Å²) >= 11 is 0. The lowest BCUT2D eigenvalue weighted by Crippen LogP contribution is -2.38. The van der Waals surface area contributed by atoms with Crippen LogP contribution in [0.1, 0.15) is 39.1 Å². The molecule has 1 heterocycles. The predicted molar refractivity (Wildman–Crippen MR) is 115 cm³/mol. The van der Waals surface area contributed by atoms with Gasteiger partial charge in [-0.25, -0.2) is 0 Å². The van der Waals surface area contributed by atoms with E-state index in [1.807, 2.05) is 24.3 Å². The number of rotatable bonds is 9. The summed E-state index contributed by atoms with van der Waals surface area (Å²) < 4.78 is 11.3. The lowest BCUT2D eigenvalue weighted by molar-refractivity contribution is 0.0392.